The minimum Gasteiger partial charge on any atom is -0.372 e. The summed E-state index contributed by atoms with van der Waals surface area (Å²) in [6, 6.07) is 1.99. The first-order chi connectivity index (χ1) is 6.24. The number of hydrogen-bond donors (Lipinski definition) is 0. The van der Waals surface area contributed by atoms with Gasteiger partial charge in [0.15, 0.2) is 0 Å². The van der Waals surface area contributed by atoms with E-state index >= 15 is 0 Å². The maximum Gasteiger partial charge on any atom is 0.148 e. The molecule has 3 nitrogen and oxygen atoms in total. The van der Waals surface area contributed by atoms with Crippen LogP contribution in [0.5, 0.6) is 0 Å². The molecule has 66 valence electrons. The Morgan fingerprint density at radius 3 is 2.62 bits per heavy atom. The van der Waals surface area contributed by atoms with Gasteiger partial charge in [-0.1, -0.05) is 23.2 Å². The largest absolute Gasteiger partial charge is 0.372 e. The van der Waals surface area contributed by atoms with Gasteiger partial charge in [0.25, 0.3) is 0 Å². The minimum absolute atomic E-state index is 0.150. The van der Waals surface area contributed by atoms with Gasteiger partial charge in [0.1, 0.15) is 16.4 Å². The second kappa shape index (κ2) is 3.15. The number of nitriles is 1. The van der Waals surface area contributed by atoms with Crippen molar-refractivity contribution >= 4 is 23.2 Å². The average molecular weight is 215 g/mol. The zero-order chi connectivity index (χ0) is 9.42. The summed E-state index contributed by atoms with van der Waals surface area (Å²) in [6.45, 7) is 0.799. The number of hydrogen-bond acceptors (Lipinski definition) is 3. The van der Waals surface area contributed by atoms with Gasteiger partial charge in [0.2, 0.25) is 0 Å². The molecule has 0 fully saturated rings. The van der Waals surface area contributed by atoms with Gasteiger partial charge in [-0.25, -0.2) is 4.98 Å². The molecule has 2 heterocycles. The fourth-order valence-corrected chi connectivity index (χ4v) is 1.82. The maximum absolute atomic E-state index is 8.80. The molecule has 1 aromatic heterocycles. The van der Waals surface area contributed by atoms with Gasteiger partial charge in [0.05, 0.1) is 18.8 Å². The number of fused-ring (bicyclic) bond motifs is 1. The standard InChI is InChI=1S/C8H4Cl2N2O/c9-7-4(1-11)5-2-13-3-6(5)8(10)12-7/h2-3H2. The van der Waals surface area contributed by atoms with Gasteiger partial charge >= 0.3 is 0 Å². The number of nitrogens with zero attached hydrogens (tertiary/aromatic N) is 2. The Labute approximate surface area is 84.9 Å². The molecule has 0 atom stereocenters. The molecule has 0 amide bonds. The normalized spacial score (nSPS) is 13.9. The lowest BCUT2D eigenvalue weighted by atomic mass is 10.1. The highest BCUT2D eigenvalue weighted by atomic mass is 35.5. The molecule has 1 aromatic rings. The molecule has 0 radical (unpaired) electrons. The van der Waals surface area contributed by atoms with Crippen molar-refractivity contribution in [1.82, 2.24) is 4.98 Å². The van der Waals surface area contributed by atoms with E-state index in [1.807, 2.05) is 6.07 Å². The zero-order valence-electron chi connectivity index (χ0n) is 6.47. The van der Waals surface area contributed by atoms with Gasteiger partial charge in [-0.3, -0.25) is 0 Å². The van der Waals surface area contributed by atoms with E-state index in [0.29, 0.717) is 23.9 Å². The minimum atomic E-state index is 0.150. The van der Waals surface area contributed by atoms with Crippen LogP contribution in [0.4, 0.5) is 0 Å². The first-order valence-electron chi connectivity index (χ1n) is 3.58. The molecule has 0 aliphatic carbocycles. The zero-order valence-corrected chi connectivity index (χ0v) is 7.98. The van der Waals surface area contributed by atoms with Crippen LogP contribution in [0.3, 0.4) is 0 Å². The van der Waals surface area contributed by atoms with Gasteiger partial charge in [-0.15, -0.1) is 0 Å². The van der Waals surface area contributed by atoms with E-state index in [1.165, 1.54) is 0 Å². The SMILES string of the molecule is N#Cc1c(Cl)nc(Cl)c2c1COC2. The van der Waals surface area contributed by atoms with E-state index in [2.05, 4.69) is 4.98 Å². The van der Waals surface area contributed by atoms with Gasteiger partial charge in [-0.2, -0.15) is 5.26 Å². The predicted molar refractivity (Wildman–Crippen MR) is 47.5 cm³/mol. The molecule has 13 heavy (non-hydrogen) atoms. The number of pyridine rings is 1. The Morgan fingerprint density at radius 1 is 1.23 bits per heavy atom. The molecule has 0 spiro atoms. The van der Waals surface area contributed by atoms with Crippen LogP contribution in [0.25, 0.3) is 0 Å². The van der Waals surface area contributed by atoms with Crippen LogP contribution in [-0.4, -0.2) is 4.98 Å². The van der Waals surface area contributed by atoms with Crippen LogP contribution >= 0.6 is 23.2 Å². The summed E-state index contributed by atoms with van der Waals surface area (Å²) in [5, 5.41) is 9.28. The molecule has 0 N–H and O–H groups in total. The molecule has 0 aromatic carbocycles. The van der Waals surface area contributed by atoms with Crippen LogP contribution < -0.4 is 0 Å². The van der Waals surface area contributed by atoms with E-state index in [9.17, 15) is 0 Å². The average Bonchev–Trinajstić information content (AvgIpc) is 2.53. The van der Waals surface area contributed by atoms with E-state index in [0.717, 1.165) is 11.1 Å². The van der Waals surface area contributed by atoms with E-state index in [4.69, 9.17) is 33.2 Å². The fourth-order valence-electron chi connectivity index (χ4n) is 1.28. The third-order valence-electron chi connectivity index (χ3n) is 1.92. The first kappa shape index (κ1) is 8.76. The maximum atomic E-state index is 8.80. The Morgan fingerprint density at radius 2 is 1.92 bits per heavy atom. The van der Waals surface area contributed by atoms with Crippen molar-refractivity contribution < 1.29 is 4.74 Å². The molecule has 2 rings (SSSR count). The smallest absolute Gasteiger partial charge is 0.148 e. The molecule has 0 unspecified atom stereocenters. The van der Waals surface area contributed by atoms with Crippen LogP contribution in [0, 0.1) is 11.3 Å². The van der Waals surface area contributed by atoms with Crippen molar-refractivity contribution in [2.24, 2.45) is 0 Å². The first-order valence-corrected chi connectivity index (χ1v) is 4.34. The lowest BCUT2D eigenvalue weighted by Crippen LogP contribution is -1.94. The lowest BCUT2D eigenvalue weighted by Gasteiger charge is -2.02. The summed E-state index contributed by atoms with van der Waals surface area (Å²) in [7, 11) is 0. The number of ether oxygens (including phenoxy) is 1. The highest BCUT2D eigenvalue weighted by Crippen LogP contribution is 2.31. The lowest BCUT2D eigenvalue weighted by molar-refractivity contribution is 0.134. The molecule has 0 saturated carbocycles. The van der Waals surface area contributed by atoms with Crippen LogP contribution in [0.2, 0.25) is 10.3 Å². The Balaban J connectivity index is 2.74. The number of halogens is 2. The molecular formula is C8H4Cl2N2O. The van der Waals surface area contributed by atoms with Crippen molar-refractivity contribution in [3.05, 3.63) is 27.0 Å². The molecule has 1 aliphatic rings. The summed E-state index contributed by atoms with van der Waals surface area (Å²) in [5.41, 5.74) is 1.92. The third-order valence-corrected chi connectivity index (χ3v) is 2.51. The molecule has 0 bridgehead atoms. The number of aromatic nitrogens is 1. The van der Waals surface area contributed by atoms with E-state index in [1.54, 1.807) is 0 Å². The van der Waals surface area contributed by atoms with Crippen LogP contribution in [-0.2, 0) is 18.0 Å². The van der Waals surface area contributed by atoms with Crippen molar-refractivity contribution in [3.8, 4) is 6.07 Å². The van der Waals surface area contributed by atoms with Gasteiger partial charge in [0, 0.05) is 11.1 Å². The predicted octanol–water partition coefficient (Wildman–Crippen LogP) is 2.29. The Bertz CT molecular complexity index is 412. The molecular weight excluding hydrogens is 211 g/mol. The summed E-state index contributed by atoms with van der Waals surface area (Å²) in [4.78, 5) is 3.84. The Hall–Kier alpha value is -0.820. The topological polar surface area (TPSA) is 45.9 Å². The summed E-state index contributed by atoms with van der Waals surface area (Å²) in [5.74, 6) is 0. The number of rotatable bonds is 0. The second-order valence-corrected chi connectivity index (χ2v) is 3.35. The molecule has 5 heteroatoms. The molecule has 1 aliphatic heterocycles. The van der Waals surface area contributed by atoms with Crippen molar-refractivity contribution in [1.29, 1.82) is 5.26 Å². The summed E-state index contributed by atoms with van der Waals surface area (Å²) in [6.07, 6.45) is 0. The summed E-state index contributed by atoms with van der Waals surface area (Å²) < 4.78 is 5.16. The van der Waals surface area contributed by atoms with Crippen LogP contribution in [0.1, 0.15) is 16.7 Å². The van der Waals surface area contributed by atoms with Crippen molar-refractivity contribution in [2.75, 3.05) is 0 Å². The third kappa shape index (κ3) is 1.28. The van der Waals surface area contributed by atoms with Crippen LogP contribution in [0.15, 0.2) is 0 Å². The van der Waals surface area contributed by atoms with Gasteiger partial charge in [-0.05, 0) is 0 Å². The van der Waals surface area contributed by atoms with Crippen molar-refractivity contribution in [3.63, 3.8) is 0 Å². The van der Waals surface area contributed by atoms with Crippen molar-refractivity contribution in [2.45, 2.75) is 13.2 Å². The summed E-state index contributed by atoms with van der Waals surface area (Å²) >= 11 is 11.6. The van der Waals surface area contributed by atoms with Gasteiger partial charge < -0.3 is 4.74 Å². The van der Waals surface area contributed by atoms with E-state index < -0.39 is 0 Å². The highest BCUT2D eigenvalue weighted by Gasteiger charge is 2.22. The highest BCUT2D eigenvalue weighted by molar-refractivity contribution is 6.33. The van der Waals surface area contributed by atoms with E-state index in [-0.39, 0.29) is 5.15 Å². The molecule has 0 saturated heterocycles. The monoisotopic (exact) mass is 214 g/mol. The second-order valence-electron chi connectivity index (χ2n) is 2.63. The quantitative estimate of drug-likeness (QED) is 0.623. The fraction of sp³-hybridized carbons (Fsp3) is 0.250. The Kier molecular flexibility index (Phi) is 2.12.